The van der Waals surface area contributed by atoms with Crippen LogP contribution in [-0.4, -0.2) is 11.7 Å². The van der Waals surface area contributed by atoms with Gasteiger partial charge in [-0.25, -0.2) is 0 Å². The van der Waals surface area contributed by atoms with E-state index < -0.39 is 0 Å². The van der Waals surface area contributed by atoms with Crippen LogP contribution in [0.1, 0.15) is 29.6 Å². The van der Waals surface area contributed by atoms with Crippen molar-refractivity contribution in [2.24, 2.45) is 0 Å². The maximum absolute atomic E-state index is 8.97. The van der Waals surface area contributed by atoms with E-state index in [2.05, 4.69) is 24.4 Å². The van der Waals surface area contributed by atoms with E-state index in [4.69, 9.17) is 9.52 Å². The zero-order valence-corrected chi connectivity index (χ0v) is 11.4. The molecule has 102 valence electrons. The number of rotatable bonds is 7. The van der Waals surface area contributed by atoms with Gasteiger partial charge >= 0.3 is 0 Å². The lowest BCUT2D eigenvalue weighted by molar-refractivity contribution is 0.282. The van der Waals surface area contributed by atoms with Crippen LogP contribution in [0.5, 0.6) is 0 Å². The molecule has 0 atom stereocenters. The minimum Gasteiger partial charge on any atom is -0.465 e. The van der Waals surface area contributed by atoms with Crippen LogP contribution in [0, 0.1) is 0 Å². The number of furan rings is 1. The van der Waals surface area contributed by atoms with Gasteiger partial charge in [-0.3, -0.25) is 0 Å². The quantitative estimate of drug-likeness (QED) is 0.751. The number of aryl methyl sites for hydroxylation is 1. The molecular formula is C16H21NO2. The second-order valence-electron chi connectivity index (χ2n) is 4.62. The Labute approximate surface area is 114 Å². The first kappa shape index (κ1) is 13.8. The van der Waals surface area contributed by atoms with Gasteiger partial charge in [0.2, 0.25) is 0 Å². The van der Waals surface area contributed by atoms with Crippen molar-refractivity contribution in [3.05, 3.63) is 59.0 Å². The van der Waals surface area contributed by atoms with Gasteiger partial charge in [-0.2, -0.15) is 0 Å². The topological polar surface area (TPSA) is 45.4 Å². The first-order chi connectivity index (χ1) is 9.31. The fourth-order valence-corrected chi connectivity index (χ4v) is 1.96. The van der Waals surface area contributed by atoms with Crippen molar-refractivity contribution in [2.75, 3.05) is 6.54 Å². The molecule has 1 heterocycles. The molecule has 2 aromatic rings. The van der Waals surface area contributed by atoms with Gasteiger partial charge in [-0.1, -0.05) is 31.2 Å². The smallest absolute Gasteiger partial charge is 0.117 e. The molecule has 0 aliphatic rings. The molecule has 0 unspecified atom stereocenters. The summed E-state index contributed by atoms with van der Waals surface area (Å²) < 4.78 is 5.63. The summed E-state index contributed by atoms with van der Waals surface area (Å²) in [5, 5.41) is 12.3. The average molecular weight is 259 g/mol. The van der Waals surface area contributed by atoms with Crippen molar-refractivity contribution in [1.82, 2.24) is 5.32 Å². The SMILES string of the molecule is CCc1ccc(CNCCc2ccc(CO)cc2)o1. The summed E-state index contributed by atoms with van der Waals surface area (Å²) in [5.41, 5.74) is 2.23. The Hall–Kier alpha value is -1.58. The predicted octanol–water partition coefficient (Wildman–Crippen LogP) is 2.67. The van der Waals surface area contributed by atoms with Crippen LogP contribution in [0.3, 0.4) is 0 Å². The minimum atomic E-state index is 0.108. The van der Waals surface area contributed by atoms with Gasteiger partial charge in [0.05, 0.1) is 13.2 Å². The summed E-state index contributed by atoms with van der Waals surface area (Å²) in [4.78, 5) is 0. The van der Waals surface area contributed by atoms with Crippen molar-refractivity contribution < 1.29 is 9.52 Å². The van der Waals surface area contributed by atoms with Gasteiger partial charge in [-0.05, 0) is 36.2 Å². The lowest BCUT2D eigenvalue weighted by atomic mass is 10.1. The highest BCUT2D eigenvalue weighted by atomic mass is 16.3. The Morgan fingerprint density at radius 2 is 1.68 bits per heavy atom. The monoisotopic (exact) mass is 259 g/mol. The van der Waals surface area contributed by atoms with Crippen LogP contribution >= 0.6 is 0 Å². The van der Waals surface area contributed by atoms with Crippen molar-refractivity contribution in [2.45, 2.75) is 32.9 Å². The van der Waals surface area contributed by atoms with Crippen molar-refractivity contribution in [3.8, 4) is 0 Å². The van der Waals surface area contributed by atoms with Crippen LogP contribution in [-0.2, 0) is 26.0 Å². The second kappa shape index (κ2) is 7.12. The molecule has 0 fully saturated rings. The van der Waals surface area contributed by atoms with Crippen LogP contribution in [0.2, 0.25) is 0 Å². The largest absolute Gasteiger partial charge is 0.465 e. The van der Waals surface area contributed by atoms with E-state index in [-0.39, 0.29) is 6.61 Å². The van der Waals surface area contributed by atoms with Crippen LogP contribution in [0.4, 0.5) is 0 Å². The van der Waals surface area contributed by atoms with Crippen LogP contribution < -0.4 is 5.32 Å². The molecule has 0 radical (unpaired) electrons. The maximum atomic E-state index is 8.97. The summed E-state index contributed by atoms with van der Waals surface area (Å²) in [7, 11) is 0. The molecule has 3 heteroatoms. The van der Waals surface area contributed by atoms with Crippen molar-refractivity contribution in [3.63, 3.8) is 0 Å². The summed E-state index contributed by atoms with van der Waals surface area (Å²) >= 11 is 0. The molecule has 19 heavy (non-hydrogen) atoms. The van der Waals surface area contributed by atoms with Gasteiger partial charge in [0.1, 0.15) is 11.5 Å². The molecule has 0 saturated carbocycles. The summed E-state index contributed by atoms with van der Waals surface area (Å²) in [6.07, 6.45) is 1.92. The van der Waals surface area contributed by atoms with E-state index in [9.17, 15) is 0 Å². The molecule has 2 rings (SSSR count). The summed E-state index contributed by atoms with van der Waals surface area (Å²) in [6, 6.07) is 12.1. The lowest BCUT2D eigenvalue weighted by Gasteiger charge is -2.04. The average Bonchev–Trinajstić information content (AvgIpc) is 2.92. The molecule has 0 spiro atoms. The molecule has 3 nitrogen and oxygen atoms in total. The Bertz CT molecular complexity index is 488. The summed E-state index contributed by atoms with van der Waals surface area (Å²) in [5.74, 6) is 2.03. The molecule has 0 aliphatic heterocycles. The van der Waals surface area contributed by atoms with Gasteiger partial charge in [0, 0.05) is 6.42 Å². The predicted molar refractivity (Wildman–Crippen MR) is 75.9 cm³/mol. The van der Waals surface area contributed by atoms with Crippen LogP contribution in [0.25, 0.3) is 0 Å². The van der Waals surface area contributed by atoms with E-state index in [1.165, 1.54) is 5.56 Å². The van der Waals surface area contributed by atoms with E-state index in [1.807, 2.05) is 24.3 Å². The Morgan fingerprint density at radius 1 is 1.00 bits per heavy atom. The number of benzene rings is 1. The third kappa shape index (κ3) is 4.23. The Balaban J connectivity index is 1.71. The number of aliphatic hydroxyl groups excluding tert-OH is 1. The van der Waals surface area contributed by atoms with Crippen LogP contribution in [0.15, 0.2) is 40.8 Å². The lowest BCUT2D eigenvalue weighted by Crippen LogP contribution is -2.16. The molecular weight excluding hydrogens is 238 g/mol. The third-order valence-electron chi connectivity index (χ3n) is 3.16. The molecule has 1 aromatic carbocycles. The Kier molecular flexibility index (Phi) is 5.19. The molecule has 0 saturated heterocycles. The maximum Gasteiger partial charge on any atom is 0.117 e. The molecule has 0 aliphatic carbocycles. The number of hydrogen-bond acceptors (Lipinski definition) is 3. The molecule has 0 bridgehead atoms. The molecule has 0 amide bonds. The fraction of sp³-hybridized carbons (Fsp3) is 0.375. The minimum absolute atomic E-state index is 0.108. The van der Waals surface area contributed by atoms with E-state index in [0.29, 0.717) is 0 Å². The number of aliphatic hydroxyl groups is 1. The highest BCUT2D eigenvalue weighted by Gasteiger charge is 2.00. The number of hydrogen-bond donors (Lipinski definition) is 2. The second-order valence-corrected chi connectivity index (χ2v) is 4.62. The third-order valence-corrected chi connectivity index (χ3v) is 3.16. The normalized spacial score (nSPS) is 10.8. The Morgan fingerprint density at radius 3 is 2.32 bits per heavy atom. The number of nitrogens with one attached hydrogen (secondary N) is 1. The van der Waals surface area contributed by atoms with E-state index in [1.54, 1.807) is 0 Å². The van der Waals surface area contributed by atoms with Gasteiger partial charge in [0.25, 0.3) is 0 Å². The molecule has 2 N–H and O–H groups in total. The van der Waals surface area contributed by atoms with E-state index in [0.717, 1.165) is 43.0 Å². The highest BCUT2D eigenvalue weighted by molar-refractivity contribution is 5.22. The zero-order chi connectivity index (χ0) is 13.5. The highest BCUT2D eigenvalue weighted by Crippen LogP contribution is 2.08. The summed E-state index contributed by atoms with van der Waals surface area (Å²) in [6.45, 7) is 3.89. The van der Waals surface area contributed by atoms with Crippen molar-refractivity contribution >= 4 is 0 Å². The fourth-order valence-electron chi connectivity index (χ4n) is 1.96. The molecule has 1 aromatic heterocycles. The first-order valence-electron chi connectivity index (χ1n) is 6.78. The standard InChI is InChI=1S/C16H21NO2/c1-2-15-7-8-16(19-15)11-17-10-9-13-3-5-14(12-18)6-4-13/h3-8,17-18H,2,9-12H2,1H3. The van der Waals surface area contributed by atoms with E-state index >= 15 is 0 Å². The van der Waals surface area contributed by atoms with Gasteiger partial charge in [0.15, 0.2) is 0 Å². The van der Waals surface area contributed by atoms with Crippen molar-refractivity contribution in [1.29, 1.82) is 0 Å². The van der Waals surface area contributed by atoms with Gasteiger partial charge in [-0.15, -0.1) is 0 Å². The zero-order valence-electron chi connectivity index (χ0n) is 11.4. The van der Waals surface area contributed by atoms with Gasteiger partial charge < -0.3 is 14.8 Å². The first-order valence-corrected chi connectivity index (χ1v) is 6.78.